The second kappa shape index (κ2) is 5.68. The van der Waals surface area contributed by atoms with Gasteiger partial charge in [0.2, 0.25) is 0 Å². The van der Waals surface area contributed by atoms with E-state index < -0.39 is 0 Å². The highest BCUT2D eigenvalue weighted by molar-refractivity contribution is 14.1. The van der Waals surface area contributed by atoms with Crippen molar-refractivity contribution in [1.82, 2.24) is 15.2 Å². The summed E-state index contributed by atoms with van der Waals surface area (Å²) >= 11 is 2.28. The number of nitrogens with two attached hydrogens (primary N) is 1. The molecule has 0 amide bonds. The molecule has 0 aliphatic rings. The molecule has 0 saturated carbocycles. The fraction of sp³-hybridized carbons (Fsp3) is 0.250. The molecule has 1 unspecified atom stereocenters. The molecule has 5 nitrogen and oxygen atoms in total. The van der Waals surface area contributed by atoms with Crippen molar-refractivity contribution in [3.8, 4) is 5.75 Å². The predicted octanol–water partition coefficient (Wildman–Crippen LogP) is 1.59. The van der Waals surface area contributed by atoms with Crippen LogP contribution in [0.25, 0.3) is 0 Å². The highest BCUT2D eigenvalue weighted by Gasteiger charge is 2.21. The van der Waals surface area contributed by atoms with Crippen LogP contribution in [0.2, 0.25) is 0 Å². The van der Waals surface area contributed by atoms with Crippen LogP contribution in [-0.4, -0.2) is 16.9 Å². The standard InChI is InChI=1S/C12H15IN4O/c1-17-12(10(18-2)7-15-17)11(16-14)8-4-3-5-9(13)6-8/h3-7,11,16H,14H2,1-2H3. The lowest BCUT2D eigenvalue weighted by atomic mass is 10.0. The van der Waals surface area contributed by atoms with E-state index >= 15 is 0 Å². The number of halogens is 1. The van der Waals surface area contributed by atoms with E-state index in [-0.39, 0.29) is 6.04 Å². The first-order valence-electron chi connectivity index (χ1n) is 5.45. The zero-order valence-electron chi connectivity index (χ0n) is 10.2. The minimum Gasteiger partial charge on any atom is -0.493 e. The monoisotopic (exact) mass is 358 g/mol. The number of hydrogen-bond donors (Lipinski definition) is 2. The Morgan fingerprint density at radius 2 is 2.28 bits per heavy atom. The van der Waals surface area contributed by atoms with Crippen LogP contribution in [0.5, 0.6) is 5.75 Å². The summed E-state index contributed by atoms with van der Waals surface area (Å²) in [6.07, 6.45) is 1.69. The van der Waals surface area contributed by atoms with Crippen molar-refractivity contribution in [2.45, 2.75) is 6.04 Å². The summed E-state index contributed by atoms with van der Waals surface area (Å²) in [7, 11) is 3.50. The lowest BCUT2D eigenvalue weighted by molar-refractivity contribution is 0.401. The number of rotatable bonds is 4. The van der Waals surface area contributed by atoms with Gasteiger partial charge in [0, 0.05) is 10.6 Å². The van der Waals surface area contributed by atoms with E-state index in [0.29, 0.717) is 0 Å². The summed E-state index contributed by atoms with van der Waals surface area (Å²) in [4.78, 5) is 0. The molecule has 96 valence electrons. The molecule has 0 radical (unpaired) electrons. The van der Waals surface area contributed by atoms with Gasteiger partial charge in [0.05, 0.1) is 19.3 Å². The molecule has 1 atom stereocenters. The quantitative estimate of drug-likeness (QED) is 0.495. The summed E-state index contributed by atoms with van der Waals surface area (Å²) in [6, 6.07) is 8.00. The van der Waals surface area contributed by atoms with Gasteiger partial charge in [0.15, 0.2) is 5.75 Å². The molecule has 18 heavy (non-hydrogen) atoms. The van der Waals surface area contributed by atoms with Gasteiger partial charge < -0.3 is 4.74 Å². The van der Waals surface area contributed by atoms with E-state index in [9.17, 15) is 0 Å². The van der Waals surface area contributed by atoms with Gasteiger partial charge in [0.1, 0.15) is 5.69 Å². The largest absolute Gasteiger partial charge is 0.493 e. The van der Waals surface area contributed by atoms with Crippen molar-refractivity contribution >= 4 is 22.6 Å². The molecule has 2 aromatic rings. The number of hydrogen-bond acceptors (Lipinski definition) is 4. The Balaban J connectivity index is 2.48. The van der Waals surface area contributed by atoms with Crippen molar-refractivity contribution in [2.75, 3.05) is 7.11 Å². The van der Waals surface area contributed by atoms with Gasteiger partial charge in [0.25, 0.3) is 0 Å². The summed E-state index contributed by atoms with van der Waals surface area (Å²) in [5.74, 6) is 6.41. The number of nitrogens with one attached hydrogen (secondary N) is 1. The minimum absolute atomic E-state index is 0.151. The van der Waals surface area contributed by atoms with Crippen LogP contribution in [0.15, 0.2) is 30.5 Å². The van der Waals surface area contributed by atoms with Crippen molar-refractivity contribution < 1.29 is 4.74 Å². The third kappa shape index (κ3) is 2.50. The maximum Gasteiger partial charge on any atom is 0.161 e. The summed E-state index contributed by atoms with van der Waals surface area (Å²) in [5.41, 5.74) is 4.80. The van der Waals surface area contributed by atoms with Gasteiger partial charge in [-0.05, 0) is 40.3 Å². The minimum atomic E-state index is -0.151. The van der Waals surface area contributed by atoms with E-state index in [4.69, 9.17) is 10.6 Å². The van der Waals surface area contributed by atoms with E-state index in [1.807, 2.05) is 25.2 Å². The van der Waals surface area contributed by atoms with Gasteiger partial charge in [-0.25, -0.2) is 5.43 Å². The molecule has 1 heterocycles. The molecule has 1 aromatic heterocycles. The van der Waals surface area contributed by atoms with Gasteiger partial charge in [-0.15, -0.1) is 0 Å². The van der Waals surface area contributed by atoms with Crippen LogP contribution in [0, 0.1) is 3.57 Å². The molecule has 0 bridgehead atoms. The van der Waals surface area contributed by atoms with Crippen molar-refractivity contribution in [3.63, 3.8) is 0 Å². The molecule has 2 rings (SSSR count). The first kappa shape index (κ1) is 13.3. The maximum atomic E-state index is 5.69. The van der Waals surface area contributed by atoms with Crippen LogP contribution >= 0.6 is 22.6 Å². The van der Waals surface area contributed by atoms with Crippen LogP contribution in [0.3, 0.4) is 0 Å². The second-order valence-corrected chi connectivity index (χ2v) is 5.12. The molecule has 3 N–H and O–H groups in total. The molecule has 0 fully saturated rings. The smallest absolute Gasteiger partial charge is 0.161 e. The van der Waals surface area contributed by atoms with E-state index in [0.717, 1.165) is 20.6 Å². The number of benzene rings is 1. The predicted molar refractivity (Wildman–Crippen MR) is 78.1 cm³/mol. The molecular formula is C12H15IN4O. The van der Waals surface area contributed by atoms with Crippen LogP contribution < -0.4 is 16.0 Å². The Bertz CT molecular complexity index is 541. The molecule has 0 aliphatic carbocycles. The Kier molecular flexibility index (Phi) is 4.20. The number of hydrazine groups is 1. The highest BCUT2D eigenvalue weighted by Crippen LogP contribution is 2.29. The average molecular weight is 358 g/mol. The van der Waals surface area contributed by atoms with Crippen molar-refractivity contribution in [3.05, 3.63) is 45.3 Å². The number of aryl methyl sites for hydroxylation is 1. The van der Waals surface area contributed by atoms with Crippen LogP contribution in [0.1, 0.15) is 17.3 Å². The first-order chi connectivity index (χ1) is 8.67. The topological polar surface area (TPSA) is 65.1 Å². The number of nitrogens with zero attached hydrogens (tertiary/aromatic N) is 2. The molecule has 0 spiro atoms. The number of methoxy groups -OCH3 is 1. The lowest BCUT2D eigenvalue weighted by Crippen LogP contribution is -2.30. The number of aromatic nitrogens is 2. The number of ether oxygens (including phenoxy) is 1. The maximum absolute atomic E-state index is 5.69. The Morgan fingerprint density at radius 1 is 1.50 bits per heavy atom. The zero-order valence-corrected chi connectivity index (χ0v) is 12.4. The van der Waals surface area contributed by atoms with Crippen molar-refractivity contribution in [1.29, 1.82) is 0 Å². The van der Waals surface area contributed by atoms with E-state index in [1.165, 1.54) is 0 Å². The average Bonchev–Trinajstić information content (AvgIpc) is 2.72. The SMILES string of the molecule is COc1cnn(C)c1C(NN)c1cccc(I)c1. The second-order valence-electron chi connectivity index (χ2n) is 3.88. The summed E-state index contributed by atoms with van der Waals surface area (Å²) in [6.45, 7) is 0. The molecule has 1 aromatic carbocycles. The third-order valence-corrected chi connectivity index (χ3v) is 3.46. The normalized spacial score (nSPS) is 12.4. The van der Waals surface area contributed by atoms with E-state index in [1.54, 1.807) is 18.0 Å². The summed E-state index contributed by atoms with van der Waals surface area (Å²) < 4.78 is 8.25. The highest BCUT2D eigenvalue weighted by atomic mass is 127. The van der Waals surface area contributed by atoms with Crippen LogP contribution in [0.4, 0.5) is 0 Å². The Morgan fingerprint density at radius 3 is 2.89 bits per heavy atom. The fourth-order valence-corrected chi connectivity index (χ4v) is 2.50. The zero-order chi connectivity index (χ0) is 13.1. The third-order valence-electron chi connectivity index (χ3n) is 2.79. The lowest BCUT2D eigenvalue weighted by Gasteiger charge is -2.18. The first-order valence-corrected chi connectivity index (χ1v) is 6.52. The van der Waals surface area contributed by atoms with Crippen LogP contribution in [-0.2, 0) is 7.05 Å². The molecule has 0 saturated heterocycles. The Hall–Kier alpha value is -1.12. The van der Waals surface area contributed by atoms with Gasteiger partial charge >= 0.3 is 0 Å². The van der Waals surface area contributed by atoms with Gasteiger partial charge in [-0.3, -0.25) is 10.5 Å². The van der Waals surface area contributed by atoms with Gasteiger partial charge in [-0.1, -0.05) is 12.1 Å². The summed E-state index contributed by atoms with van der Waals surface area (Å²) in [5, 5.41) is 4.20. The fourth-order valence-electron chi connectivity index (χ4n) is 1.93. The molecule has 0 aliphatic heterocycles. The van der Waals surface area contributed by atoms with Gasteiger partial charge in [-0.2, -0.15) is 5.10 Å². The molecule has 6 heteroatoms. The van der Waals surface area contributed by atoms with Crippen molar-refractivity contribution in [2.24, 2.45) is 12.9 Å². The van der Waals surface area contributed by atoms with E-state index in [2.05, 4.69) is 39.2 Å². The molecular weight excluding hydrogens is 343 g/mol. The Labute approximate surface area is 119 Å².